The number of H-pyrrole nitrogens is 1. The number of cyclic esters (lactones) is 1. The van der Waals surface area contributed by atoms with Crippen LogP contribution < -0.4 is 81.0 Å². The molecular weight excluding hydrogens is 1490 g/mol. The number of rotatable bonds is 35. The topological polar surface area (TPSA) is 682 Å². The van der Waals surface area contributed by atoms with E-state index in [-0.39, 0.29) is 38.6 Å². The Morgan fingerprint density at radius 1 is 0.593 bits per heavy atom. The SMILES string of the molecule is COC(C(=O)O)C1NC(=O)C(CCCCN)NC(=O)C(CC(=O)O)NC(=O)C(C)NC(=O)CN(C)C(=O)C(NC(=O)C(CC(=O)O)NC(=O)C(CC(N)=O)NC(=O)C(Cc2c[nH]c3ccccc23)NC(=O)CCCCCCC(C)C)C(C)OC(=O)C(C(C)C)NC(=O)C(CCC(=O)O)NC(=O)C(CC(N)=O)NC(=O)CNC1=O. The fourth-order valence-corrected chi connectivity index (χ4v) is 11.5. The third kappa shape index (κ3) is 33.3. The summed E-state index contributed by atoms with van der Waals surface area (Å²) in [5.74, 6) is -28.4. The van der Waals surface area contributed by atoms with Gasteiger partial charge in [-0.3, -0.25) is 86.3 Å². The fourth-order valence-electron chi connectivity index (χ4n) is 11.5. The van der Waals surface area contributed by atoms with Crippen LogP contribution in [0.3, 0.4) is 0 Å². The van der Waals surface area contributed by atoms with Crippen LogP contribution in [0.2, 0.25) is 0 Å². The van der Waals surface area contributed by atoms with Gasteiger partial charge in [-0.2, -0.15) is 0 Å². The molecule has 0 bridgehead atoms. The molecule has 13 unspecified atom stereocenters. The van der Waals surface area contributed by atoms with Crippen LogP contribution in [0.15, 0.2) is 30.5 Å². The minimum absolute atomic E-state index is 0.00767. The molecule has 0 saturated carbocycles. The molecule has 113 heavy (non-hydrogen) atoms. The Kier molecular flexibility index (Phi) is 39.9. The Morgan fingerprint density at radius 3 is 1.73 bits per heavy atom. The lowest BCUT2D eigenvalue weighted by atomic mass is 10.0. The summed E-state index contributed by atoms with van der Waals surface area (Å²) >= 11 is 0. The maximum absolute atomic E-state index is 14.9. The number of hydrogen-bond acceptors (Lipinski definition) is 23. The molecule has 626 valence electrons. The van der Waals surface area contributed by atoms with E-state index in [4.69, 9.17) is 26.7 Å². The van der Waals surface area contributed by atoms with Crippen molar-refractivity contribution >= 4 is 129 Å². The van der Waals surface area contributed by atoms with Crippen molar-refractivity contribution in [2.75, 3.05) is 33.8 Å². The van der Waals surface area contributed by atoms with Gasteiger partial charge in [0.2, 0.25) is 88.6 Å². The molecule has 1 aliphatic heterocycles. The highest BCUT2D eigenvalue weighted by Gasteiger charge is 2.42. The fraction of sp³-hybridized carbons (Fsp3) is 0.600. The first-order valence-corrected chi connectivity index (χ1v) is 36.3. The van der Waals surface area contributed by atoms with Gasteiger partial charge in [0.25, 0.3) is 0 Å². The third-order valence-corrected chi connectivity index (χ3v) is 17.5. The van der Waals surface area contributed by atoms with Crippen molar-refractivity contribution in [3.8, 4) is 0 Å². The molecule has 23 N–H and O–H groups in total. The summed E-state index contributed by atoms with van der Waals surface area (Å²) in [5.41, 5.74) is 17.8. The van der Waals surface area contributed by atoms with Crippen molar-refractivity contribution in [3.05, 3.63) is 36.0 Å². The number of likely N-dealkylation sites (N-methyl/N-ethyl adjacent to an activating group) is 1. The number of aromatic nitrogens is 1. The van der Waals surface area contributed by atoms with E-state index in [0.29, 0.717) is 40.1 Å². The van der Waals surface area contributed by atoms with Crippen molar-refractivity contribution < 1.29 is 126 Å². The Bertz CT molecular complexity index is 3770. The number of carbonyl (C=O) groups excluding carboxylic acids is 16. The lowest BCUT2D eigenvalue weighted by Gasteiger charge is -2.32. The Morgan fingerprint density at radius 2 is 1.17 bits per heavy atom. The predicted octanol–water partition coefficient (Wildman–Crippen LogP) is -5.97. The number of nitrogens with zero attached hydrogens (tertiary/aromatic N) is 1. The van der Waals surface area contributed by atoms with Gasteiger partial charge in [0.05, 0.1) is 38.8 Å². The predicted molar refractivity (Wildman–Crippen MR) is 393 cm³/mol. The van der Waals surface area contributed by atoms with Crippen LogP contribution >= 0.6 is 0 Å². The smallest absolute Gasteiger partial charge is 0.335 e. The van der Waals surface area contributed by atoms with Crippen molar-refractivity contribution in [2.24, 2.45) is 29.0 Å². The van der Waals surface area contributed by atoms with Crippen LogP contribution in [0.25, 0.3) is 10.9 Å². The molecular formula is C70H105N17O26. The summed E-state index contributed by atoms with van der Waals surface area (Å²) in [6.07, 6.45) is -5.56. The zero-order valence-electron chi connectivity index (χ0n) is 63.9. The molecule has 43 heteroatoms. The van der Waals surface area contributed by atoms with E-state index in [1.807, 2.05) is 5.32 Å². The van der Waals surface area contributed by atoms with Crippen molar-refractivity contribution in [1.29, 1.82) is 0 Å². The van der Waals surface area contributed by atoms with Crippen LogP contribution in [0.4, 0.5) is 0 Å². The molecule has 15 amide bonds. The molecule has 1 aromatic carbocycles. The average Bonchev–Trinajstić information content (AvgIpc) is 1.71. The van der Waals surface area contributed by atoms with Gasteiger partial charge < -0.3 is 121 Å². The minimum atomic E-state index is -2.31. The molecule has 1 aromatic heterocycles. The number of nitrogens with two attached hydrogens (primary N) is 3. The molecule has 0 spiro atoms. The van der Waals surface area contributed by atoms with E-state index in [1.165, 1.54) is 13.8 Å². The number of carboxylic acids is 4. The summed E-state index contributed by atoms with van der Waals surface area (Å²) < 4.78 is 10.7. The standard InChI is InChI=1S/C70H105N17O26/c1-33(2)17-11-9-10-12-21-49(90)77-42(25-37-30-74-39-19-14-13-18-38(37)39)62(102)82-44(27-48(73)89)64(104)83-46(29-54(97)98)66(106)85-56-36(6)113-70(111)55(34(3)4)84-61(101)41(22-23-52(93)94)80-63(103)43(26-47(72)88)78-50(91)31-75-67(107)57(58(112-8)69(109)110)86-60(100)40(20-15-16-24-71)79-65(105)45(28-53(95)96)81-59(99)35(5)76-51(92)32-87(7)68(56)108/h13-14,18-19,30,33-36,40-46,55-58,74H,9-12,15-17,20-29,31-32,71H2,1-8H3,(H2,72,88)(H2,73,89)(H,75,107)(H,76,92)(H,77,90)(H,78,91)(H,79,105)(H,80,103)(H,81,99)(H,82,102)(H,83,104)(H,84,101)(H,85,106)(H,86,100)(H,93,94)(H,95,96)(H,97,98)(H,109,110). The number of benzene rings is 1. The first kappa shape index (κ1) is 95.3. The minimum Gasteiger partial charge on any atom is -0.481 e. The number of para-hydroxylation sites is 1. The number of nitrogens with one attached hydrogen (secondary N) is 13. The highest BCUT2D eigenvalue weighted by molar-refractivity contribution is 6.02. The van der Waals surface area contributed by atoms with Crippen molar-refractivity contribution in [2.45, 2.75) is 223 Å². The molecule has 0 radical (unpaired) electrons. The molecule has 43 nitrogen and oxygen atoms in total. The number of carboxylic acid groups (broad SMARTS) is 4. The van der Waals surface area contributed by atoms with Gasteiger partial charge in [0.1, 0.15) is 72.6 Å². The van der Waals surface area contributed by atoms with Gasteiger partial charge in [-0.15, -0.1) is 0 Å². The van der Waals surface area contributed by atoms with Gasteiger partial charge in [-0.25, -0.2) is 9.59 Å². The zero-order valence-corrected chi connectivity index (χ0v) is 63.9. The number of unbranched alkanes of at least 4 members (excludes halogenated alkanes) is 4. The third-order valence-electron chi connectivity index (χ3n) is 17.5. The number of aromatic amines is 1. The lowest BCUT2D eigenvalue weighted by Crippen LogP contribution is -2.62. The van der Waals surface area contributed by atoms with Crippen LogP contribution in [0.1, 0.15) is 143 Å². The zero-order chi connectivity index (χ0) is 85.1. The molecule has 2 aromatic rings. The molecule has 1 aliphatic rings. The van der Waals surface area contributed by atoms with Crippen LogP contribution in [-0.2, 0) is 112 Å². The second kappa shape index (κ2) is 47.3. The van der Waals surface area contributed by atoms with Crippen molar-refractivity contribution in [1.82, 2.24) is 73.7 Å². The van der Waals surface area contributed by atoms with Crippen LogP contribution in [0.5, 0.6) is 0 Å². The van der Waals surface area contributed by atoms with Crippen LogP contribution in [0, 0.1) is 11.8 Å². The number of aliphatic carboxylic acids is 4. The van der Waals surface area contributed by atoms with Crippen LogP contribution in [-0.4, -0.2) is 261 Å². The van der Waals surface area contributed by atoms with E-state index < -0.39 is 255 Å². The number of esters is 1. The van der Waals surface area contributed by atoms with Gasteiger partial charge in [0, 0.05) is 50.5 Å². The van der Waals surface area contributed by atoms with Gasteiger partial charge in [0.15, 0.2) is 6.10 Å². The Hall–Kier alpha value is -11.9. The number of methoxy groups -OCH3 is 1. The Balaban J connectivity index is 2.23. The van der Waals surface area contributed by atoms with Crippen molar-refractivity contribution in [3.63, 3.8) is 0 Å². The highest BCUT2D eigenvalue weighted by atomic mass is 16.5. The molecule has 1 fully saturated rings. The lowest BCUT2D eigenvalue weighted by molar-refractivity contribution is -0.159. The summed E-state index contributed by atoms with van der Waals surface area (Å²) in [7, 11) is 1.72. The maximum Gasteiger partial charge on any atom is 0.335 e. The summed E-state index contributed by atoms with van der Waals surface area (Å²) in [6, 6.07) is -15.1. The molecule has 13 atom stereocenters. The summed E-state index contributed by atoms with van der Waals surface area (Å²) in [4.78, 5) is 276. The number of hydrogen-bond donors (Lipinski definition) is 20. The molecule has 1 saturated heterocycles. The Labute approximate surface area is 648 Å². The number of ether oxygens (including phenoxy) is 2. The van der Waals surface area contributed by atoms with Gasteiger partial charge in [-0.1, -0.05) is 71.6 Å². The van der Waals surface area contributed by atoms with Gasteiger partial charge in [-0.05, 0) is 76.0 Å². The number of carbonyl (C=O) groups is 20. The van der Waals surface area contributed by atoms with E-state index in [0.717, 1.165) is 47.3 Å². The quantitative estimate of drug-likeness (QED) is 0.0226. The second-order valence-electron chi connectivity index (χ2n) is 27.8. The second-order valence-corrected chi connectivity index (χ2v) is 27.8. The number of amides is 15. The normalized spacial score (nSPS) is 21.6. The first-order chi connectivity index (χ1) is 53.1. The summed E-state index contributed by atoms with van der Waals surface area (Å²) in [6.45, 7) is 6.49. The first-order valence-electron chi connectivity index (χ1n) is 36.3. The van der Waals surface area contributed by atoms with E-state index >= 15 is 0 Å². The van der Waals surface area contributed by atoms with Gasteiger partial charge >= 0.3 is 29.8 Å². The largest absolute Gasteiger partial charge is 0.481 e. The number of primary amides is 2. The maximum atomic E-state index is 14.9. The average molecular weight is 1600 g/mol. The molecule has 0 aliphatic carbocycles. The van der Waals surface area contributed by atoms with E-state index in [2.05, 4.69) is 77.3 Å². The van der Waals surface area contributed by atoms with E-state index in [1.54, 1.807) is 30.5 Å². The molecule has 3 rings (SSSR count). The number of fused-ring (bicyclic) bond motifs is 1. The summed E-state index contributed by atoms with van der Waals surface area (Å²) in [5, 5.41) is 67.0. The molecule has 2 heterocycles. The highest BCUT2D eigenvalue weighted by Crippen LogP contribution is 2.21. The monoisotopic (exact) mass is 1600 g/mol. The van der Waals surface area contributed by atoms with E-state index in [9.17, 15) is 116 Å².